The van der Waals surface area contributed by atoms with Crippen molar-refractivity contribution in [1.29, 1.82) is 0 Å². The topological polar surface area (TPSA) is 55.2 Å². The molecule has 16 heavy (non-hydrogen) atoms. The van der Waals surface area contributed by atoms with Crippen molar-refractivity contribution in [3.8, 4) is 0 Å². The Kier molecular flexibility index (Phi) is 3.75. The van der Waals surface area contributed by atoms with E-state index in [0.29, 0.717) is 0 Å². The van der Waals surface area contributed by atoms with Crippen molar-refractivity contribution in [3.63, 3.8) is 0 Å². The van der Waals surface area contributed by atoms with Crippen LogP contribution >= 0.6 is 11.6 Å². The third-order valence-electron chi connectivity index (χ3n) is 1.97. The Hall–Kier alpha value is -1.29. The Labute approximate surface area is 99.8 Å². The first-order valence-electron chi connectivity index (χ1n) is 4.97. The summed E-state index contributed by atoms with van der Waals surface area (Å²) in [7, 11) is 0. The molecule has 5 heteroatoms. The number of nitrogens with one attached hydrogen (secondary N) is 1. The number of hydrogen-bond donors (Lipinski definition) is 1. The molecule has 1 aromatic carbocycles. The molecule has 0 aliphatic rings. The molecule has 0 aliphatic carbocycles. The first-order valence-corrected chi connectivity index (χ1v) is 5.35. The van der Waals surface area contributed by atoms with Gasteiger partial charge < -0.3 is 5.32 Å². The summed E-state index contributed by atoms with van der Waals surface area (Å²) in [6.07, 6.45) is 0. The van der Waals surface area contributed by atoms with Gasteiger partial charge in [-0.3, -0.25) is 10.1 Å². The number of rotatable bonds is 3. The minimum Gasteiger partial charge on any atom is -0.384 e. The second kappa shape index (κ2) is 4.70. The number of nitro benzene ring substituents is 1. The van der Waals surface area contributed by atoms with Crippen LogP contribution in [-0.2, 0) is 0 Å². The molecule has 0 bridgehead atoms. The van der Waals surface area contributed by atoms with Crippen molar-refractivity contribution in [2.24, 2.45) is 5.41 Å². The monoisotopic (exact) mass is 242 g/mol. The first-order chi connectivity index (χ1) is 7.29. The molecule has 1 N–H and O–H groups in total. The van der Waals surface area contributed by atoms with Gasteiger partial charge in [-0.15, -0.1) is 0 Å². The van der Waals surface area contributed by atoms with E-state index in [1.165, 1.54) is 6.07 Å². The third kappa shape index (κ3) is 3.70. The highest BCUT2D eigenvalue weighted by Crippen LogP contribution is 2.27. The highest BCUT2D eigenvalue weighted by molar-refractivity contribution is 6.32. The molecule has 0 fully saturated rings. The SMILES string of the molecule is CC(C)(C)CNc1ccc([N+](=O)[O-])c(Cl)c1. The lowest BCUT2D eigenvalue weighted by molar-refractivity contribution is -0.384. The van der Waals surface area contributed by atoms with E-state index in [4.69, 9.17) is 11.6 Å². The van der Waals surface area contributed by atoms with Gasteiger partial charge in [-0.1, -0.05) is 32.4 Å². The van der Waals surface area contributed by atoms with Crippen LogP contribution < -0.4 is 5.32 Å². The van der Waals surface area contributed by atoms with E-state index < -0.39 is 4.92 Å². The van der Waals surface area contributed by atoms with Crippen molar-refractivity contribution < 1.29 is 4.92 Å². The minimum absolute atomic E-state index is 0.0667. The molecule has 0 unspecified atom stereocenters. The van der Waals surface area contributed by atoms with Crippen LogP contribution in [0, 0.1) is 15.5 Å². The Balaban J connectivity index is 2.78. The quantitative estimate of drug-likeness (QED) is 0.649. The Morgan fingerprint density at radius 2 is 2.06 bits per heavy atom. The largest absolute Gasteiger partial charge is 0.384 e. The number of anilines is 1. The van der Waals surface area contributed by atoms with Gasteiger partial charge in [0.15, 0.2) is 0 Å². The summed E-state index contributed by atoms with van der Waals surface area (Å²) in [5, 5.41) is 13.9. The molecule has 4 nitrogen and oxygen atoms in total. The highest BCUT2D eigenvalue weighted by Gasteiger charge is 2.13. The standard InChI is InChI=1S/C11H15ClN2O2/c1-11(2,3)7-13-8-4-5-10(14(15)16)9(12)6-8/h4-6,13H,7H2,1-3H3. The zero-order valence-corrected chi connectivity index (χ0v) is 10.3. The Morgan fingerprint density at radius 1 is 1.44 bits per heavy atom. The van der Waals surface area contributed by atoms with Gasteiger partial charge in [0.05, 0.1) is 4.92 Å². The minimum atomic E-state index is -0.490. The van der Waals surface area contributed by atoms with Gasteiger partial charge in [-0.2, -0.15) is 0 Å². The van der Waals surface area contributed by atoms with Gasteiger partial charge in [-0.05, 0) is 17.5 Å². The normalized spacial score (nSPS) is 11.2. The maximum atomic E-state index is 10.6. The number of nitrogens with zero attached hydrogens (tertiary/aromatic N) is 1. The van der Waals surface area contributed by atoms with Gasteiger partial charge in [0.25, 0.3) is 5.69 Å². The molecule has 0 radical (unpaired) electrons. The molecule has 1 aromatic rings. The van der Waals surface area contributed by atoms with Gasteiger partial charge >= 0.3 is 0 Å². The van der Waals surface area contributed by atoms with Gasteiger partial charge in [-0.25, -0.2) is 0 Å². The maximum Gasteiger partial charge on any atom is 0.288 e. The van der Waals surface area contributed by atoms with E-state index in [1.54, 1.807) is 12.1 Å². The number of halogens is 1. The number of hydrogen-bond acceptors (Lipinski definition) is 3. The molecule has 0 heterocycles. The fourth-order valence-electron chi connectivity index (χ4n) is 1.13. The average Bonchev–Trinajstić information content (AvgIpc) is 2.13. The van der Waals surface area contributed by atoms with Crippen LogP contribution in [0.25, 0.3) is 0 Å². The molecular formula is C11H15ClN2O2. The third-order valence-corrected chi connectivity index (χ3v) is 2.27. The predicted octanol–water partition coefficient (Wildman–Crippen LogP) is 3.71. The smallest absolute Gasteiger partial charge is 0.288 e. The summed E-state index contributed by atoms with van der Waals surface area (Å²) < 4.78 is 0. The first kappa shape index (κ1) is 12.8. The van der Waals surface area contributed by atoms with Crippen molar-refractivity contribution in [2.75, 3.05) is 11.9 Å². The molecule has 0 atom stereocenters. The average molecular weight is 243 g/mol. The lowest BCUT2D eigenvalue weighted by Crippen LogP contribution is -2.18. The van der Waals surface area contributed by atoms with E-state index in [-0.39, 0.29) is 16.1 Å². The lowest BCUT2D eigenvalue weighted by Gasteiger charge is -2.19. The molecule has 0 aromatic heterocycles. The summed E-state index contributed by atoms with van der Waals surface area (Å²) in [6, 6.07) is 4.65. The second-order valence-corrected chi connectivity index (χ2v) is 5.24. The maximum absolute atomic E-state index is 10.6. The van der Waals surface area contributed by atoms with E-state index in [0.717, 1.165) is 12.2 Å². The zero-order chi connectivity index (χ0) is 12.3. The van der Waals surface area contributed by atoms with E-state index in [1.807, 2.05) is 0 Å². The van der Waals surface area contributed by atoms with Gasteiger partial charge in [0.1, 0.15) is 5.02 Å². The van der Waals surface area contributed by atoms with Crippen LogP contribution in [0.5, 0.6) is 0 Å². The number of nitro groups is 1. The van der Waals surface area contributed by atoms with Crippen LogP contribution in [0.15, 0.2) is 18.2 Å². The molecule has 88 valence electrons. The predicted molar refractivity (Wildman–Crippen MR) is 66.1 cm³/mol. The van der Waals surface area contributed by atoms with Crippen molar-refractivity contribution in [3.05, 3.63) is 33.3 Å². The summed E-state index contributed by atoms with van der Waals surface area (Å²) in [6.45, 7) is 7.09. The number of benzene rings is 1. The van der Waals surface area contributed by atoms with Crippen LogP contribution in [0.2, 0.25) is 5.02 Å². The van der Waals surface area contributed by atoms with E-state index in [2.05, 4.69) is 26.1 Å². The zero-order valence-electron chi connectivity index (χ0n) is 9.58. The lowest BCUT2D eigenvalue weighted by atomic mass is 9.97. The fourth-order valence-corrected chi connectivity index (χ4v) is 1.38. The van der Waals surface area contributed by atoms with Crippen LogP contribution in [-0.4, -0.2) is 11.5 Å². The molecule has 0 spiro atoms. The summed E-state index contributed by atoms with van der Waals surface area (Å²) in [5.41, 5.74) is 0.877. The van der Waals surface area contributed by atoms with Crippen LogP contribution in [0.3, 0.4) is 0 Å². The fraction of sp³-hybridized carbons (Fsp3) is 0.455. The molecule has 0 aliphatic heterocycles. The second-order valence-electron chi connectivity index (χ2n) is 4.84. The Bertz CT molecular complexity index is 399. The Morgan fingerprint density at radius 3 is 2.50 bits per heavy atom. The molecule has 0 saturated carbocycles. The molecule has 1 rings (SSSR count). The molecular weight excluding hydrogens is 228 g/mol. The highest BCUT2D eigenvalue weighted by atomic mass is 35.5. The summed E-state index contributed by atoms with van der Waals surface area (Å²) >= 11 is 5.79. The van der Waals surface area contributed by atoms with Gasteiger partial charge in [0.2, 0.25) is 0 Å². The van der Waals surface area contributed by atoms with Crippen LogP contribution in [0.4, 0.5) is 11.4 Å². The van der Waals surface area contributed by atoms with E-state index >= 15 is 0 Å². The molecule has 0 saturated heterocycles. The molecule has 0 amide bonds. The van der Waals surface area contributed by atoms with Gasteiger partial charge in [0, 0.05) is 18.3 Å². The van der Waals surface area contributed by atoms with Crippen molar-refractivity contribution in [2.45, 2.75) is 20.8 Å². The van der Waals surface area contributed by atoms with Crippen molar-refractivity contribution >= 4 is 23.0 Å². The van der Waals surface area contributed by atoms with Crippen molar-refractivity contribution in [1.82, 2.24) is 0 Å². The van der Waals surface area contributed by atoms with E-state index in [9.17, 15) is 10.1 Å². The van der Waals surface area contributed by atoms with Crippen LogP contribution in [0.1, 0.15) is 20.8 Å². The summed E-state index contributed by atoms with van der Waals surface area (Å²) in [5.74, 6) is 0. The summed E-state index contributed by atoms with van der Waals surface area (Å²) in [4.78, 5) is 10.1.